The molecule has 0 radical (unpaired) electrons. The van der Waals surface area contributed by atoms with Crippen molar-refractivity contribution in [2.24, 2.45) is 0 Å². The third kappa shape index (κ3) is 2.64. The molecule has 3 heterocycles. The SMILES string of the molecule is CN(C)C(=O)N[C@@H]1CN([C@H]2CCOC2)[C@@H]2CCCO[C@@H]21. The predicted octanol–water partition coefficient (Wildman–Crippen LogP) is 0.278. The van der Waals surface area contributed by atoms with Crippen LogP contribution in [0.3, 0.4) is 0 Å². The maximum atomic E-state index is 11.9. The molecular weight excluding hydrogens is 258 g/mol. The fraction of sp³-hybridized carbons (Fsp3) is 0.929. The van der Waals surface area contributed by atoms with Crippen molar-refractivity contribution in [1.29, 1.82) is 0 Å². The highest BCUT2D eigenvalue weighted by molar-refractivity contribution is 5.74. The Morgan fingerprint density at radius 3 is 2.85 bits per heavy atom. The van der Waals surface area contributed by atoms with Crippen LogP contribution in [0.5, 0.6) is 0 Å². The van der Waals surface area contributed by atoms with Crippen LogP contribution >= 0.6 is 0 Å². The highest BCUT2D eigenvalue weighted by Gasteiger charge is 2.47. The highest BCUT2D eigenvalue weighted by Crippen LogP contribution is 2.32. The van der Waals surface area contributed by atoms with Crippen LogP contribution in [0.2, 0.25) is 0 Å². The minimum atomic E-state index is -0.0348. The number of carbonyl (C=O) groups excluding carboxylic acids is 1. The van der Waals surface area contributed by atoms with Crippen LogP contribution in [-0.4, -0.2) is 80.5 Å². The minimum absolute atomic E-state index is 0.0348. The molecule has 3 saturated heterocycles. The van der Waals surface area contributed by atoms with E-state index in [1.54, 1.807) is 19.0 Å². The first-order valence-electron chi connectivity index (χ1n) is 7.59. The first kappa shape index (κ1) is 14.1. The summed E-state index contributed by atoms with van der Waals surface area (Å²) in [5, 5.41) is 3.11. The first-order valence-corrected chi connectivity index (χ1v) is 7.59. The molecule has 4 atom stereocenters. The van der Waals surface area contributed by atoms with Gasteiger partial charge in [-0.15, -0.1) is 0 Å². The molecule has 3 aliphatic heterocycles. The van der Waals surface area contributed by atoms with Gasteiger partial charge in [-0.05, 0) is 19.3 Å². The largest absolute Gasteiger partial charge is 0.380 e. The number of likely N-dealkylation sites (tertiary alicyclic amines) is 1. The molecule has 1 N–H and O–H groups in total. The summed E-state index contributed by atoms with van der Waals surface area (Å²) in [7, 11) is 3.54. The number of nitrogens with one attached hydrogen (secondary N) is 1. The van der Waals surface area contributed by atoms with Crippen LogP contribution < -0.4 is 5.32 Å². The van der Waals surface area contributed by atoms with E-state index in [2.05, 4.69) is 10.2 Å². The molecule has 0 aromatic heterocycles. The maximum absolute atomic E-state index is 11.9. The lowest BCUT2D eigenvalue weighted by molar-refractivity contribution is -0.0267. The van der Waals surface area contributed by atoms with E-state index in [9.17, 15) is 4.79 Å². The Balaban J connectivity index is 1.69. The van der Waals surface area contributed by atoms with Gasteiger partial charge in [-0.1, -0.05) is 0 Å². The zero-order chi connectivity index (χ0) is 14.1. The van der Waals surface area contributed by atoms with Gasteiger partial charge in [0.15, 0.2) is 0 Å². The van der Waals surface area contributed by atoms with E-state index < -0.39 is 0 Å². The fourth-order valence-electron chi connectivity index (χ4n) is 3.61. The second-order valence-corrected chi connectivity index (χ2v) is 6.21. The second-order valence-electron chi connectivity index (χ2n) is 6.21. The van der Waals surface area contributed by atoms with Gasteiger partial charge in [-0.25, -0.2) is 4.79 Å². The van der Waals surface area contributed by atoms with E-state index in [1.807, 2.05) is 0 Å². The van der Waals surface area contributed by atoms with Gasteiger partial charge in [0.05, 0.1) is 18.8 Å². The summed E-state index contributed by atoms with van der Waals surface area (Å²) in [4.78, 5) is 16.0. The molecule has 3 rings (SSSR count). The summed E-state index contributed by atoms with van der Waals surface area (Å²) in [6, 6.07) is 0.983. The number of nitrogens with zero attached hydrogens (tertiary/aromatic N) is 2. The summed E-state index contributed by atoms with van der Waals surface area (Å²) >= 11 is 0. The molecule has 114 valence electrons. The molecule has 2 amide bonds. The van der Waals surface area contributed by atoms with Gasteiger partial charge in [0.2, 0.25) is 0 Å². The minimum Gasteiger partial charge on any atom is -0.380 e. The van der Waals surface area contributed by atoms with Gasteiger partial charge in [0, 0.05) is 45.9 Å². The Morgan fingerprint density at radius 2 is 2.15 bits per heavy atom. The van der Waals surface area contributed by atoms with Crippen molar-refractivity contribution in [2.45, 2.75) is 43.5 Å². The molecule has 6 nitrogen and oxygen atoms in total. The Labute approximate surface area is 120 Å². The molecule has 0 aromatic rings. The number of carbonyl (C=O) groups is 1. The van der Waals surface area contributed by atoms with E-state index in [1.165, 1.54) is 0 Å². The van der Waals surface area contributed by atoms with E-state index in [4.69, 9.17) is 9.47 Å². The standard InChI is InChI=1S/C14H25N3O3/c1-16(2)14(18)15-11-8-17(10-5-7-19-9-10)12-4-3-6-20-13(11)12/h10-13H,3-9H2,1-2H3,(H,15,18)/t10-,11+,12+,13+/m0/s1. The first-order chi connectivity index (χ1) is 9.66. The van der Waals surface area contributed by atoms with Gasteiger partial charge in [-0.3, -0.25) is 4.90 Å². The van der Waals surface area contributed by atoms with Crippen molar-refractivity contribution in [3.05, 3.63) is 0 Å². The summed E-state index contributed by atoms with van der Waals surface area (Å²) in [6.45, 7) is 3.36. The molecule has 0 aliphatic carbocycles. The average molecular weight is 283 g/mol. The van der Waals surface area contributed by atoms with Crippen LogP contribution in [0.1, 0.15) is 19.3 Å². The molecular formula is C14H25N3O3. The number of rotatable bonds is 2. The van der Waals surface area contributed by atoms with Crippen molar-refractivity contribution in [2.75, 3.05) is 40.5 Å². The zero-order valence-electron chi connectivity index (χ0n) is 12.4. The van der Waals surface area contributed by atoms with Crippen LogP contribution in [0, 0.1) is 0 Å². The van der Waals surface area contributed by atoms with Crippen LogP contribution in [-0.2, 0) is 9.47 Å². The van der Waals surface area contributed by atoms with Crippen molar-refractivity contribution >= 4 is 6.03 Å². The van der Waals surface area contributed by atoms with Gasteiger partial charge >= 0.3 is 6.03 Å². The number of hydrogen-bond donors (Lipinski definition) is 1. The third-order valence-corrected chi connectivity index (χ3v) is 4.65. The summed E-state index contributed by atoms with van der Waals surface area (Å²) < 4.78 is 11.5. The lowest BCUT2D eigenvalue weighted by Gasteiger charge is -2.34. The van der Waals surface area contributed by atoms with Crippen LogP contribution in [0.15, 0.2) is 0 Å². The number of fused-ring (bicyclic) bond motifs is 1. The van der Waals surface area contributed by atoms with Gasteiger partial charge in [0.25, 0.3) is 0 Å². The van der Waals surface area contributed by atoms with E-state index in [0.29, 0.717) is 12.1 Å². The van der Waals surface area contributed by atoms with Gasteiger partial charge < -0.3 is 19.7 Å². The lowest BCUT2D eigenvalue weighted by atomic mass is 10.0. The molecule has 0 unspecified atom stereocenters. The molecule has 6 heteroatoms. The topological polar surface area (TPSA) is 54.0 Å². The van der Waals surface area contributed by atoms with Gasteiger partial charge in [-0.2, -0.15) is 0 Å². The number of ether oxygens (including phenoxy) is 2. The second kappa shape index (κ2) is 5.87. The molecule has 0 saturated carbocycles. The molecule has 3 fully saturated rings. The maximum Gasteiger partial charge on any atom is 0.317 e. The Morgan fingerprint density at radius 1 is 1.30 bits per heavy atom. The van der Waals surface area contributed by atoms with E-state index in [0.717, 1.165) is 45.6 Å². The molecule has 0 aromatic carbocycles. The molecule has 20 heavy (non-hydrogen) atoms. The monoisotopic (exact) mass is 283 g/mol. The normalized spacial score (nSPS) is 37.7. The van der Waals surface area contributed by atoms with Crippen molar-refractivity contribution < 1.29 is 14.3 Å². The lowest BCUT2D eigenvalue weighted by Crippen LogP contribution is -2.50. The highest BCUT2D eigenvalue weighted by atomic mass is 16.5. The van der Waals surface area contributed by atoms with Crippen molar-refractivity contribution in [3.8, 4) is 0 Å². The Kier molecular flexibility index (Phi) is 4.14. The van der Waals surface area contributed by atoms with E-state index >= 15 is 0 Å². The number of hydrogen-bond acceptors (Lipinski definition) is 4. The zero-order valence-corrected chi connectivity index (χ0v) is 12.4. The summed E-state index contributed by atoms with van der Waals surface area (Å²) in [5.74, 6) is 0. The Hall–Kier alpha value is -0.850. The van der Waals surface area contributed by atoms with Crippen molar-refractivity contribution in [3.63, 3.8) is 0 Å². The van der Waals surface area contributed by atoms with Crippen LogP contribution in [0.4, 0.5) is 4.79 Å². The van der Waals surface area contributed by atoms with E-state index in [-0.39, 0.29) is 18.2 Å². The smallest absolute Gasteiger partial charge is 0.317 e. The number of amides is 2. The molecule has 3 aliphatic rings. The van der Waals surface area contributed by atoms with Gasteiger partial charge in [0.1, 0.15) is 0 Å². The third-order valence-electron chi connectivity index (χ3n) is 4.65. The van der Waals surface area contributed by atoms with Crippen molar-refractivity contribution in [1.82, 2.24) is 15.1 Å². The quantitative estimate of drug-likeness (QED) is 0.791. The predicted molar refractivity (Wildman–Crippen MR) is 74.7 cm³/mol. The van der Waals surface area contributed by atoms with Crippen LogP contribution in [0.25, 0.3) is 0 Å². The average Bonchev–Trinajstić information content (AvgIpc) is 3.06. The fourth-order valence-corrected chi connectivity index (χ4v) is 3.61. The summed E-state index contributed by atoms with van der Waals surface area (Å²) in [5.41, 5.74) is 0. The molecule has 0 spiro atoms. The number of urea groups is 1. The molecule has 0 bridgehead atoms. The Bertz CT molecular complexity index is 358. The summed E-state index contributed by atoms with van der Waals surface area (Å²) in [6.07, 6.45) is 3.50.